The normalized spacial score (nSPS) is 12.6. The molecule has 0 bridgehead atoms. The van der Waals surface area contributed by atoms with Crippen molar-refractivity contribution in [2.24, 2.45) is 0 Å². The van der Waals surface area contributed by atoms with Gasteiger partial charge in [0.15, 0.2) is 4.67 Å². The molecule has 1 aromatic carbocycles. The van der Waals surface area contributed by atoms with Crippen LogP contribution in [0.25, 0.3) is 0 Å². The van der Waals surface area contributed by atoms with Crippen LogP contribution in [0.4, 0.5) is 16.2 Å². The van der Waals surface area contributed by atoms with Crippen LogP contribution in [0.3, 0.4) is 0 Å². The Labute approximate surface area is 144 Å². The second-order valence-corrected chi connectivity index (χ2v) is 6.96. The van der Waals surface area contributed by atoms with E-state index in [9.17, 15) is 4.79 Å². The molecule has 2 N–H and O–H groups in total. The van der Waals surface area contributed by atoms with Crippen molar-refractivity contribution >= 4 is 33.4 Å². The number of para-hydroxylation sites is 2. The molecule has 5 nitrogen and oxygen atoms in total. The van der Waals surface area contributed by atoms with Crippen LogP contribution >= 0.6 is 15.9 Å². The summed E-state index contributed by atoms with van der Waals surface area (Å²) >= 11 is 3.29. The Morgan fingerprint density at radius 1 is 1.17 bits per heavy atom. The second-order valence-electron chi connectivity index (χ2n) is 6.18. The average molecular weight is 381 g/mol. The highest BCUT2D eigenvalue weighted by Crippen LogP contribution is 2.28. The molecule has 2 aromatic rings. The highest BCUT2D eigenvalue weighted by Gasteiger charge is 2.18. The zero-order chi connectivity index (χ0) is 17.0. The summed E-state index contributed by atoms with van der Waals surface area (Å²) in [5.74, 6) is 0.795. The van der Waals surface area contributed by atoms with Gasteiger partial charge in [0.25, 0.3) is 0 Å². The fraction of sp³-hybridized carbons (Fsp3) is 0.353. The molecule has 6 heteroatoms. The van der Waals surface area contributed by atoms with Crippen molar-refractivity contribution in [3.8, 4) is 0 Å². The number of hydrogen-bond acceptors (Lipinski definition) is 4. The highest BCUT2D eigenvalue weighted by atomic mass is 79.9. The molecule has 0 aliphatic heterocycles. The van der Waals surface area contributed by atoms with Crippen LogP contribution in [-0.4, -0.2) is 11.7 Å². The van der Waals surface area contributed by atoms with Gasteiger partial charge in [-0.15, -0.1) is 0 Å². The third-order valence-electron chi connectivity index (χ3n) is 2.96. The van der Waals surface area contributed by atoms with Crippen LogP contribution in [0.2, 0.25) is 0 Å². The molecule has 1 unspecified atom stereocenters. The van der Waals surface area contributed by atoms with Gasteiger partial charge in [0.1, 0.15) is 11.4 Å². The monoisotopic (exact) mass is 380 g/mol. The second kappa shape index (κ2) is 7.08. The maximum absolute atomic E-state index is 12.0. The number of benzene rings is 1. The predicted octanol–water partition coefficient (Wildman–Crippen LogP) is 5.56. The first-order valence-electron chi connectivity index (χ1n) is 7.35. The molecule has 0 aliphatic carbocycles. The van der Waals surface area contributed by atoms with Crippen molar-refractivity contribution in [1.29, 1.82) is 0 Å². The van der Waals surface area contributed by atoms with Crippen molar-refractivity contribution in [2.75, 3.05) is 10.6 Å². The van der Waals surface area contributed by atoms with Crippen molar-refractivity contribution in [2.45, 2.75) is 39.3 Å². The van der Waals surface area contributed by atoms with E-state index in [0.717, 1.165) is 11.4 Å². The number of halogens is 1. The van der Waals surface area contributed by atoms with E-state index in [2.05, 4.69) is 26.6 Å². The molecule has 0 spiro atoms. The average Bonchev–Trinajstić information content (AvgIpc) is 2.85. The molecular weight excluding hydrogens is 360 g/mol. The summed E-state index contributed by atoms with van der Waals surface area (Å²) in [4.78, 5) is 12.0. The van der Waals surface area contributed by atoms with Gasteiger partial charge in [-0.25, -0.2) is 4.79 Å². The van der Waals surface area contributed by atoms with Crippen LogP contribution in [-0.2, 0) is 4.74 Å². The largest absolute Gasteiger partial charge is 0.452 e. The van der Waals surface area contributed by atoms with Crippen molar-refractivity contribution in [1.82, 2.24) is 0 Å². The third-order valence-corrected chi connectivity index (χ3v) is 3.38. The Kier molecular flexibility index (Phi) is 5.36. The SMILES string of the molecule is CC(Nc1ccccc1NC(=O)OC(C)(C)C)c1ccc(Br)o1. The number of ether oxygens (including phenoxy) is 1. The molecule has 1 heterocycles. The quantitative estimate of drug-likeness (QED) is 0.728. The zero-order valence-corrected chi connectivity index (χ0v) is 15.2. The van der Waals surface area contributed by atoms with Gasteiger partial charge in [-0.2, -0.15) is 0 Å². The number of amides is 1. The fourth-order valence-corrected chi connectivity index (χ4v) is 2.32. The van der Waals surface area contributed by atoms with Gasteiger partial charge in [-0.3, -0.25) is 5.32 Å². The van der Waals surface area contributed by atoms with Gasteiger partial charge in [-0.05, 0) is 67.9 Å². The number of carbonyl (C=O) groups is 1. The number of rotatable bonds is 4. The van der Waals surface area contributed by atoms with E-state index in [4.69, 9.17) is 9.15 Å². The molecule has 0 radical (unpaired) electrons. The lowest BCUT2D eigenvalue weighted by molar-refractivity contribution is 0.0636. The topological polar surface area (TPSA) is 63.5 Å². The Bertz CT molecular complexity index is 676. The van der Waals surface area contributed by atoms with Gasteiger partial charge in [0, 0.05) is 0 Å². The van der Waals surface area contributed by atoms with Crippen molar-refractivity contribution in [3.63, 3.8) is 0 Å². The smallest absolute Gasteiger partial charge is 0.412 e. The molecule has 2 rings (SSSR count). The first-order valence-corrected chi connectivity index (χ1v) is 8.15. The van der Waals surface area contributed by atoms with Gasteiger partial charge < -0.3 is 14.5 Å². The third kappa shape index (κ3) is 5.32. The van der Waals surface area contributed by atoms with E-state index in [1.807, 2.05) is 64.1 Å². The van der Waals surface area contributed by atoms with Crippen LogP contribution in [0.5, 0.6) is 0 Å². The van der Waals surface area contributed by atoms with E-state index in [-0.39, 0.29) is 6.04 Å². The molecule has 0 aliphatic rings. The number of hydrogen-bond donors (Lipinski definition) is 2. The predicted molar refractivity (Wildman–Crippen MR) is 94.7 cm³/mol. The molecule has 124 valence electrons. The van der Waals surface area contributed by atoms with Crippen LogP contribution in [0.1, 0.15) is 39.5 Å². The molecule has 0 saturated carbocycles. The Morgan fingerprint density at radius 2 is 1.83 bits per heavy atom. The maximum atomic E-state index is 12.0. The standard InChI is InChI=1S/C17H21BrN2O3/c1-11(14-9-10-15(18)22-14)19-12-7-5-6-8-13(12)20-16(21)23-17(2,3)4/h5-11,19H,1-4H3,(H,20,21). The van der Waals surface area contributed by atoms with E-state index in [0.29, 0.717) is 10.4 Å². The molecule has 23 heavy (non-hydrogen) atoms. The van der Waals surface area contributed by atoms with Gasteiger partial charge in [0.05, 0.1) is 17.4 Å². The Hall–Kier alpha value is -1.95. The minimum absolute atomic E-state index is 0.0529. The summed E-state index contributed by atoms with van der Waals surface area (Å²) in [6, 6.07) is 11.1. The van der Waals surface area contributed by atoms with Gasteiger partial charge in [0.2, 0.25) is 0 Å². The maximum Gasteiger partial charge on any atom is 0.412 e. The lowest BCUT2D eigenvalue weighted by atomic mass is 10.2. The summed E-state index contributed by atoms with van der Waals surface area (Å²) in [7, 11) is 0. The molecule has 1 amide bonds. The van der Waals surface area contributed by atoms with E-state index < -0.39 is 11.7 Å². The Balaban J connectivity index is 2.09. The first kappa shape index (κ1) is 17.4. The summed E-state index contributed by atoms with van der Waals surface area (Å²) < 4.78 is 11.5. The first-order chi connectivity index (χ1) is 10.7. The van der Waals surface area contributed by atoms with Gasteiger partial charge in [-0.1, -0.05) is 12.1 Å². The Morgan fingerprint density at radius 3 is 2.39 bits per heavy atom. The minimum Gasteiger partial charge on any atom is -0.452 e. The van der Waals surface area contributed by atoms with E-state index >= 15 is 0 Å². The number of anilines is 2. The zero-order valence-electron chi connectivity index (χ0n) is 13.6. The van der Waals surface area contributed by atoms with E-state index in [1.165, 1.54) is 0 Å². The van der Waals surface area contributed by atoms with Crippen LogP contribution in [0.15, 0.2) is 45.5 Å². The minimum atomic E-state index is -0.541. The van der Waals surface area contributed by atoms with Crippen LogP contribution in [0, 0.1) is 0 Å². The summed E-state index contributed by atoms with van der Waals surface area (Å²) in [6.45, 7) is 7.46. The van der Waals surface area contributed by atoms with Crippen molar-refractivity contribution < 1.29 is 13.9 Å². The summed E-state index contributed by atoms with van der Waals surface area (Å²) in [6.07, 6.45) is -0.486. The molecule has 1 atom stereocenters. The molecule has 0 saturated heterocycles. The number of carbonyl (C=O) groups excluding carboxylic acids is 1. The molecule has 0 fully saturated rings. The number of furan rings is 1. The molecule has 1 aromatic heterocycles. The number of nitrogens with one attached hydrogen (secondary N) is 2. The van der Waals surface area contributed by atoms with E-state index in [1.54, 1.807) is 0 Å². The summed E-state index contributed by atoms with van der Waals surface area (Å²) in [5, 5.41) is 6.09. The van der Waals surface area contributed by atoms with Gasteiger partial charge >= 0.3 is 6.09 Å². The van der Waals surface area contributed by atoms with Crippen molar-refractivity contribution in [3.05, 3.63) is 46.8 Å². The molecular formula is C17H21BrN2O3. The lowest BCUT2D eigenvalue weighted by Gasteiger charge is -2.21. The van der Waals surface area contributed by atoms with Crippen LogP contribution < -0.4 is 10.6 Å². The highest BCUT2D eigenvalue weighted by molar-refractivity contribution is 9.10. The summed E-state index contributed by atoms with van der Waals surface area (Å²) in [5.41, 5.74) is 0.901. The fourth-order valence-electron chi connectivity index (χ4n) is 2.00. The lowest BCUT2D eigenvalue weighted by Crippen LogP contribution is -2.27.